The van der Waals surface area contributed by atoms with Crippen LogP contribution in [0.4, 0.5) is 5.69 Å². The van der Waals surface area contributed by atoms with E-state index in [9.17, 15) is 4.79 Å². The van der Waals surface area contributed by atoms with Crippen molar-refractivity contribution in [2.75, 3.05) is 5.43 Å². The number of carbonyl (C=O) groups excluding carboxylic acids is 1. The first-order valence-electron chi connectivity index (χ1n) is 6.04. The lowest BCUT2D eigenvalue weighted by atomic mass is 9.87. The van der Waals surface area contributed by atoms with Gasteiger partial charge in [-0.1, -0.05) is 38.1 Å². The summed E-state index contributed by atoms with van der Waals surface area (Å²) in [4.78, 5) is 11.6. The van der Waals surface area contributed by atoms with Crippen LogP contribution in [0.2, 0.25) is 0 Å². The van der Waals surface area contributed by atoms with E-state index < -0.39 is 0 Å². The van der Waals surface area contributed by atoms with Crippen molar-refractivity contribution in [3.05, 3.63) is 47.9 Å². The molecule has 0 spiro atoms. The molecule has 0 saturated carbocycles. The first-order valence-corrected chi connectivity index (χ1v) is 6.04. The molecule has 2 N–H and O–H groups in total. The summed E-state index contributed by atoms with van der Waals surface area (Å²) in [7, 11) is 0. The van der Waals surface area contributed by atoms with Crippen LogP contribution in [0.3, 0.4) is 0 Å². The van der Waals surface area contributed by atoms with Crippen molar-refractivity contribution >= 4 is 11.6 Å². The van der Waals surface area contributed by atoms with E-state index in [-0.39, 0.29) is 17.1 Å². The average molecular weight is 259 g/mol. The molecule has 0 unspecified atom stereocenters. The zero-order valence-electron chi connectivity index (χ0n) is 11.2. The lowest BCUT2D eigenvalue weighted by Crippen LogP contribution is -2.29. The predicted molar refractivity (Wildman–Crippen MR) is 72.7 cm³/mol. The Morgan fingerprint density at radius 3 is 2.37 bits per heavy atom. The number of hydrogen-bond acceptors (Lipinski definition) is 4. The van der Waals surface area contributed by atoms with E-state index in [1.54, 1.807) is 0 Å². The van der Waals surface area contributed by atoms with Gasteiger partial charge in [0, 0.05) is 6.07 Å². The molecule has 1 heterocycles. The third-order valence-electron chi connectivity index (χ3n) is 2.73. The molecule has 2 aromatic rings. The number of benzene rings is 1. The lowest BCUT2D eigenvalue weighted by molar-refractivity contribution is 0.0926. The van der Waals surface area contributed by atoms with Gasteiger partial charge in [-0.3, -0.25) is 15.6 Å². The second-order valence-electron chi connectivity index (χ2n) is 5.28. The van der Waals surface area contributed by atoms with Gasteiger partial charge in [0.05, 0.1) is 11.9 Å². The van der Waals surface area contributed by atoms with Crippen LogP contribution in [0.25, 0.3) is 0 Å². The molecule has 0 aliphatic rings. The minimum Gasteiger partial charge on any atom is -0.351 e. The van der Waals surface area contributed by atoms with Crippen molar-refractivity contribution in [2.24, 2.45) is 0 Å². The SMILES string of the molecule is CC(C)(C)c1ccc(NNC(=O)c2ccno2)cc1. The molecular weight excluding hydrogens is 242 g/mol. The normalized spacial score (nSPS) is 11.1. The van der Waals surface area contributed by atoms with Crippen LogP contribution in [-0.2, 0) is 5.41 Å². The number of anilines is 1. The van der Waals surface area contributed by atoms with E-state index in [0.29, 0.717) is 0 Å². The molecule has 0 radical (unpaired) electrons. The quantitative estimate of drug-likeness (QED) is 0.832. The molecule has 1 aromatic heterocycles. The Labute approximate surface area is 112 Å². The molecule has 1 aromatic carbocycles. The highest BCUT2D eigenvalue weighted by atomic mass is 16.5. The van der Waals surface area contributed by atoms with E-state index >= 15 is 0 Å². The number of hydrogen-bond donors (Lipinski definition) is 2. The molecule has 5 nitrogen and oxygen atoms in total. The van der Waals surface area contributed by atoms with Gasteiger partial charge in [0.1, 0.15) is 0 Å². The van der Waals surface area contributed by atoms with Crippen molar-refractivity contribution in [1.29, 1.82) is 0 Å². The van der Waals surface area contributed by atoms with Crippen molar-refractivity contribution in [2.45, 2.75) is 26.2 Å². The molecule has 0 bridgehead atoms. The first kappa shape index (κ1) is 13.1. The minimum atomic E-state index is -0.364. The number of amides is 1. The molecule has 0 saturated heterocycles. The molecule has 2 rings (SSSR count). The second-order valence-corrected chi connectivity index (χ2v) is 5.28. The highest BCUT2D eigenvalue weighted by Crippen LogP contribution is 2.23. The van der Waals surface area contributed by atoms with E-state index in [2.05, 4.69) is 36.8 Å². The number of nitrogens with zero attached hydrogens (tertiary/aromatic N) is 1. The minimum absolute atomic E-state index is 0.113. The maximum Gasteiger partial charge on any atom is 0.308 e. The highest BCUT2D eigenvalue weighted by molar-refractivity contribution is 5.91. The number of nitrogens with one attached hydrogen (secondary N) is 2. The third kappa shape index (κ3) is 3.34. The molecule has 1 amide bonds. The van der Waals surface area contributed by atoms with Gasteiger partial charge in [-0.25, -0.2) is 0 Å². The van der Waals surface area contributed by atoms with Gasteiger partial charge in [-0.15, -0.1) is 0 Å². The summed E-state index contributed by atoms with van der Waals surface area (Å²) >= 11 is 0. The Hall–Kier alpha value is -2.30. The van der Waals surface area contributed by atoms with Crippen LogP contribution in [0, 0.1) is 0 Å². The number of aromatic nitrogens is 1. The van der Waals surface area contributed by atoms with Crippen LogP contribution in [0.5, 0.6) is 0 Å². The molecule has 0 aliphatic carbocycles. The van der Waals surface area contributed by atoms with Crippen LogP contribution in [0.1, 0.15) is 36.9 Å². The fourth-order valence-electron chi connectivity index (χ4n) is 1.58. The van der Waals surface area contributed by atoms with E-state index in [0.717, 1.165) is 5.69 Å². The largest absolute Gasteiger partial charge is 0.351 e. The zero-order valence-corrected chi connectivity index (χ0v) is 11.2. The van der Waals surface area contributed by atoms with Crippen LogP contribution < -0.4 is 10.9 Å². The van der Waals surface area contributed by atoms with Crippen molar-refractivity contribution in [3.8, 4) is 0 Å². The molecule has 0 fully saturated rings. The number of carbonyl (C=O) groups is 1. The maximum absolute atomic E-state index is 11.6. The predicted octanol–water partition coefficient (Wildman–Crippen LogP) is 2.73. The molecule has 19 heavy (non-hydrogen) atoms. The monoisotopic (exact) mass is 259 g/mol. The second kappa shape index (κ2) is 5.14. The topological polar surface area (TPSA) is 67.2 Å². The summed E-state index contributed by atoms with van der Waals surface area (Å²) in [6.07, 6.45) is 1.42. The lowest BCUT2D eigenvalue weighted by Gasteiger charge is -2.19. The molecule has 0 atom stereocenters. The summed E-state index contributed by atoms with van der Waals surface area (Å²) in [5.41, 5.74) is 7.52. The molecule has 5 heteroatoms. The van der Waals surface area contributed by atoms with Gasteiger partial charge in [0.25, 0.3) is 0 Å². The Kier molecular flexibility index (Phi) is 3.55. The summed E-state index contributed by atoms with van der Waals surface area (Å²) < 4.78 is 4.75. The van der Waals surface area contributed by atoms with Crippen LogP contribution in [0.15, 0.2) is 41.1 Å². The standard InChI is InChI=1S/C14H17N3O2/c1-14(2,3)10-4-6-11(7-5-10)16-17-13(18)12-8-9-15-19-12/h4-9,16H,1-3H3,(H,17,18). The first-order chi connectivity index (χ1) is 8.97. The molecule has 0 aliphatic heterocycles. The van der Waals surface area contributed by atoms with E-state index in [1.165, 1.54) is 17.8 Å². The van der Waals surface area contributed by atoms with Crippen LogP contribution in [-0.4, -0.2) is 11.1 Å². The summed E-state index contributed by atoms with van der Waals surface area (Å²) in [5.74, 6) is -0.198. The number of hydrazine groups is 1. The van der Waals surface area contributed by atoms with Crippen molar-refractivity contribution < 1.29 is 9.32 Å². The number of rotatable bonds is 3. The Balaban J connectivity index is 1.95. The van der Waals surface area contributed by atoms with E-state index in [1.807, 2.05) is 24.3 Å². The van der Waals surface area contributed by atoms with Crippen molar-refractivity contribution in [1.82, 2.24) is 10.6 Å². The summed E-state index contributed by atoms with van der Waals surface area (Å²) in [6, 6.07) is 9.40. The molecule has 100 valence electrons. The fraction of sp³-hybridized carbons (Fsp3) is 0.286. The van der Waals surface area contributed by atoms with E-state index in [4.69, 9.17) is 4.52 Å². The smallest absolute Gasteiger partial charge is 0.308 e. The fourth-order valence-corrected chi connectivity index (χ4v) is 1.58. The van der Waals surface area contributed by atoms with Gasteiger partial charge in [-0.05, 0) is 23.1 Å². The van der Waals surface area contributed by atoms with Crippen molar-refractivity contribution in [3.63, 3.8) is 0 Å². The zero-order chi connectivity index (χ0) is 13.9. The van der Waals surface area contributed by atoms with Crippen LogP contribution >= 0.6 is 0 Å². The van der Waals surface area contributed by atoms with Gasteiger partial charge >= 0.3 is 5.91 Å². The third-order valence-corrected chi connectivity index (χ3v) is 2.73. The summed E-state index contributed by atoms with van der Waals surface area (Å²) in [5, 5.41) is 3.47. The van der Waals surface area contributed by atoms with Gasteiger partial charge in [-0.2, -0.15) is 0 Å². The highest BCUT2D eigenvalue weighted by Gasteiger charge is 2.13. The Morgan fingerprint density at radius 2 is 1.84 bits per heavy atom. The summed E-state index contributed by atoms with van der Waals surface area (Å²) in [6.45, 7) is 6.46. The Bertz CT molecular complexity index is 539. The van der Waals surface area contributed by atoms with Gasteiger partial charge < -0.3 is 4.52 Å². The maximum atomic E-state index is 11.6. The molecular formula is C14H17N3O2. The van der Waals surface area contributed by atoms with Gasteiger partial charge in [0.15, 0.2) is 0 Å². The van der Waals surface area contributed by atoms with Gasteiger partial charge in [0.2, 0.25) is 5.76 Å². The average Bonchev–Trinajstić information content (AvgIpc) is 2.89. The Morgan fingerprint density at radius 1 is 1.16 bits per heavy atom.